The summed E-state index contributed by atoms with van der Waals surface area (Å²) in [5.41, 5.74) is 0. The van der Waals surface area contributed by atoms with Gasteiger partial charge in [0.1, 0.15) is 0 Å². The van der Waals surface area contributed by atoms with Gasteiger partial charge in [-0.05, 0) is 50.7 Å². The summed E-state index contributed by atoms with van der Waals surface area (Å²) in [5, 5.41) is 0. The standard InChI is InChI=1S/C26H46O2Si/c1-5-6-7-8-9-10-11-12-13-14-15-16-17-18-19-20-21-22-23-24-25-26(27)28-29(2,3)4/h5-13,18-25H2,1-4H3. The summed E-state index contributed by atoms with van der Waals surface area (Å²) >= 11 is 0. The van der Waals surface area contributed by atoms with Gasteiger partial charge in [0.05, 0.1) is 0 Å². The van der Waals surface area contributed by atoms with Crippen LogP contribution in [0.4, 0.5) is 0 Å². The molecule has 0 aromatic heterocycles. The molecule has 3 heteroatoms. The van der Waals surface area contributed by atoms with E-state index in [1.54, 1.807) is 0 Å². The Bertz CT molecular complexity index is 511. The summed E-state index contributed by atoms with van der Waals surface area (Å²) in [5.74, 6) is 12.3. The Labute approximate surface area is 183 Å². The van der Waals surface area contributed by atoms with Gasteiger partial charge < -0.3 is 4.43 Å². The first kappa shape index (κ1) is 27.8. The molecule has 0 bridgehead atoms. The van der Waals surface area contributed by atoms with Crippen molar-refractivity contribution in [2.75, 3.05) is 0 Å². The zero-order chi connectivity index (χ0) is 21.6. The second-order valence-electron chi connectivity index (χ2n) is 9.04. The Kier molecular flexibility index (Phi) is 19.3. The van der Waals surface area contributed by atoms with Gasteiger partial charge in [-0.2, -0.15) is 0 Å². The Hall–Kier alpha value is -1.19. The van der Waals surface area contributed by atoms with Gasteiger partial charge in [-0.15, -0.1) is 0 Å². The molecule has 0 aliphatic heterocycles. The number of carbonyl (C=O) groups excluding carboxylic acids is 1. The largest absolute Gasteiger partial charge is 0.520 e. The lowest BCUT2D eigenvalue weighted by atomic mass is 10.1. The molecule has 0 atom stereocenters. The quantitative estimate of drug-likeness (QED) is 0.136. The minimum atomic E-state index is -1.71. The molecule has 2 nitrogen and oxygen atoms in total. The van der Waals surface area contributed by atoms with Gasteiger partial charge in [0.2, 0.25) is 8.32 Å². The summed E-state index contributed by atoms with van der Waals surface area (Å²) in [6.07, 6.45) is 20.2. The summed E-state index contributed by atoms with van der Waals surface area (Å²) in [7, 11) is -1.71. The minimum Gasteiger partial charge on any atom is -0.520 e. The second-order valence-corrected chi connectivity index (χ2v) is 13.5. The second kappa shape index (κ2) is 20.1. The van der Waals surface area contributed by atoms with Crippen LogP contribution in [0.2, 0.25) is 19.6 Å². The molecule has 0 amide bonds. The van der Waals surface area contributed by atoms with Crippen LogP contribution in [0.15, 0.2) is 0 Å². The molecule has 0 radical (unpaired) electrons. The maximum Gasteiger partial charge on any atom is 0.292 e. The highest BCUT2D eigenvalue weighted by Gasteiger charge is 2.19. The molecule has 0 spiro atoms. The molecule has 0 aliphatic carbocycles. The predicted molar refractivity (Wildman–Crippen MR) is 129 cm³/mol. The fourth-order valence-corrected chi connectivity index (χ4v) is 3.93. The lowest BCUT2D eigenvalue weighted by Gasteiger charge is -2.17. The lowest BCUT2D eigenvalue weighted by molar-refractivity contribution is -0.135. The molecule has 0 heterocycles. The molecule has 0 rings (SSSR count). The zero-order valence-corrected chi connectivity index (χ0v) is 20.8. The van der Waals surface area contributed by atoms with Crippen molar-refractivity contribution < 1.29 is 9.22 Å². The van der Waals surface area contributed by atoms with E-state index >= 15 is 0 Å². The smallest absolute Gasteiger partial charge is 0.292 e. The number of hydrogen-bond acceptors (Lipinski definition) is 2. The van der Waals surface area contributed by atoms with Gasteiger partial charge in [0.25, 0.3) is 5.97 Å². The number of carbonyl (C=O) groups is 1. The van der Waals surface area contributed by atoms with Crippen LogP contribution in [0.3, 0.4) is 0 Å². The molecule has 0 fully saturated rings. The van der Waals surface area contributed by atoms with E-state index in [0.29, 0.717) is 6.42 Å². The lowest BCUT2D eigenvalue weighted by Crippen LogP contribution is -2.28. The van der Waals surface area contributed by atoms with Crippen LogP contribution < -0.4 is 0 Å². The zero-order valence-electron chi connectivity index (χ0n) is 19.8. The number of unbranched alkanes of at least 4 members (excludes halogenated alkanes) is 14. The third kappa shape index (κ3) is 24.8. The SMILES string of the molecule is CCCCCCCCCCC#CC#CCCCCCCCCC(=O)O[Si](C)(C)C. The van der Waals surface area contributed by atoms with Crippen molar-refractivity contribution in [3.63, 3.8) is 0 Å². The Morgan fingerprint density at radius 3 is 1.52 bits per heavy atom. The molecule has 0 aliphatic rings. The highest BCUT2D eigenvalue weighted by Crippen LogP contribution is 2.11. The van der Waals surface area contributed by atoms with E-state index in [1.807, 2.05) is 0 Å². The average molecular weight is 419 g/mol. The average Bonchev–Trinajstić information content (AvgIpc) is 2.65. The molecule has 166 valence electrons. The Morgan fingerprint density at radius 1 is 0.655 bits per heavy atom. The molecule has 0 aromatic carbocycles. The normalized spacial score (nSPS) is 10.6. The Balaban J connectivity index is 3.36. The molecule has 0 unspecified atom stereocenters. The molecule has 0 N–H and O–H groups in total. The van der Waals surface area contributed by atoms with Crippen molar-refractivity contribution in [1.82, 2.24) is 0 Å². The number of hydrogen-bond donors (Lipinski definition) is 0. The fourth-order valence-electron chi connectivity index (χ4n) is 3.14. The van der Waals surface area contributed by atoms with Gasteiger partial charge in [-0.3, -0.25) is 4.79 Å². The van der Waals surface area contributed by atoms with Crippen LogP contribution in [-0.2, 0) is 9.22 Å². The van der Waals surface area contributed by atoms with Crippen LogP contribution in [-0.4, -0.2) is 14.3 Å². The van der Waals surface area contributed by atoms with Crippen LogP contribution >= 0.6 is 0 Å². The monoisotopic (exact) mass is 418 g/mol. The third-order valence-corrected chi connectivity index (χ3v) is 5.59. The van der Waals surface area contributed by atoms with Crippen molar-refractivity contribution in [3.05, 3.63) is 0 Å². The maximum absolute atomic E-state index is 11.6. The molecular formula is C26H46O2Si. The highest BCUT2D eigenvalue weighted by molar-refractivity contribution is 6.71. The van der Waals surface area contributed by atoms with E-state index in [0.717, 1.165) is 32.1 Å². The highest BCUT2D eigenvalue weighted by atomic mass is 28.4. The first-order valence-corrected chi connectivity index (χ1v) is 15.5. The van der Waals surface area contributed by atoms with Crippen molar-refractivity contribution >= 4 is 14.3 Å². The van der Waals surface area contributed by atoms with Crippen LogP contribution in [0.5, 0.6) is 0 Å². The number of rotatable bonds is 17. The summed E-state index contributed by atoms with van der Waals surface area (Å²) < 4.78 is 5.45. The van der Waals surface area contributed by atoms with Gasteiger partial charge >= 0.3 is 0 Å². The molecular weight excluding hydrogens is 372 g/mol. The first-order chi connectivity index (χ1) is 14.0. The third-order valence-electron chi connectivity index (χ3n) is 4.75. The van der Waals surface area contributed by atoms with E-state index in [4.69, 9.17) is 4.43 Å². The molecule has 0 saturated carbocycles. The predicted octanol–water partition coefficient (Wildman–Crippen LogP) is 8.02. The van der Waals surface area contributed by atoms with Gasteiger partial charge in [0, 0.05) is 19.3 Å². The maximum atomic E-state index is 11.6. The minimum absolute atomic E-state index is 0.0111. The van der Waals surface area contributed by atoms with Crippen molar-refractivity contribution in [1.29, 1.82) is 0 Å². The Morgan fingerprint density at radius 2 is 1.07 bits per heavy atom. The fraction of sp³-hybridized carbons (Fsp3) is 0.808. The van der Waals surface area contributed by atoms with E-state index in [1.165, 1.54) is 70.6 Å². The summed E-state index contributed by atoms with van der Waals surface area (Å²) in [6, 6.07) is 0. The van der Waals surface area contributed by atoms with Gasteiger partial charge in [-0.1, -0.05) is 89.4 Å². The summed E-state index contributed by atoms with van der Waals surface area (Å²) in [6.45, 7) is 8.42. The van der Waals surface area contributed by atoms with Crippen LogP contribution in [0, 0.1) is 23.7 Å². The van der Waals surface area contributed by atoms with Gasteiger partial charge in [-0.25, -0.2) is 0 Å². The van der Waals surface area contributed by atoms with E-state index < -0.39 is 8.32 Å². The summed E-state index contributed by atoms with van der Waals surface area (Å²) in [4.78, 5) is 11.6. The van der Waals surface area contributed by atoms with E-state index in [2.05, 4.69) is 50.2 Å². The van der Waals surface area contributed by atoms with E-state index in [9.17, 15) is 4.79 Å². The molecule has 0 aromatic rings. The van der Waals surface area contributed by atoms with Crippen molar-refractivity contribution in [2.45, 2.75) is 136 Å². The van der Waals surface area contributed by atoms with Crippen LogP contribution in [0.25, 0.3) is 0 Å². The van der Waals surface area contributed by atoms with Gasteiger partial charge in [0.15, 0.2) is 0 Å². The van der Waals surface area contributed by atoms with Crippen molar-refractivity contribution in [2.24, 2.45) is 0 Å². The topological polar surface area (TPSA) is 26.3 Å². The molecule has 29 heavy (non-hydrogen) atoms. The van der Waals surface area contributed by atoms with E-state index in [-0.39, 0.29) is 5.97 Å². The van der Waals surface area contributed by atoms with Crippen LogP contribution in [0.1, 0.15) is 116 Å². The molecule has 0 saturated heterocycles. The van der Waals surface area contributed by atoms with Crippen molar-refractivity contribution in [3.8, 4) is 23.7 Å². The first-order valence-electron chi connectivity index (χ1n) is 12.1.